The molecule has 2 aromatic heterocycles. The molecule has 4 nitrogen and oxygen atoms in total. The van der Waals surface area contributed by atoms with Crippen molar-refractivity contribution >= 4 is 11.3 Å². The molecule has 0 spiro atoms. The Morgan fingerprint density at radius 3 is 2.60 bits per heavy atom. The van der Waals surface area contributed by atoms with Gasteiger partial charge in [-0.1, -0.05) is 51.1 Å². The van der Waals surface area contributed by atoms with Crippen LogP contribution in [-0.2, 0) is 29.8 Å². The summed E-state index contributed by atoms with van der Waals surface area (Å²) >= 11 is 1.87. The van der Waals surface area contributed by atoms with E-state index in [1.807, 2.05) is 18.3 Å². The van der Waals surface area contributed by atoms with Crippen LogP contribution in [0.1, 0.15) is 54.0 Å². The number of ether oxygens (including phenoxy) is 1. The molecule has 1 aliphatic heterocycles. The molecule has 0 saturated carbocycles. The van der Waals surface area contributed by atoms with Crippen LogP contribution in [0.2, 0.25) is 0 Å². The van der Waals surface area contributed by atoms with Crippen LogP contribution < -0.4 is 0 Å². The summed E-state index contributed by atoms with van der Waals surface area (Å²) in [5.41, 5.74) is 4.11. The highest BCUT2D eigenvalue weighted by Crippen LogP contribution is 2.42. The third-order valence-corrected chi connectivity index (χ3v) is 6.26. The number of benzene rings is 1. The Balaban J connectivity index is 1.92. The summed E-state index contributed by atoms with van der Waals surface area (Å²) in [4.78, 5) is 1.42. The van der Waals surface area contributed by atoms with Crippen molar-refractivity contribution in [2.24, 2.45) is 0 Å². The van der Waals surface area contributed by atoms with Gasteiger partial charge in [0.05, 0.1) is 6.61 Å². The van der Waals surface area contributed by atoms with Gasteiger partial charge in [0.1, 0.15) is 17.4 Å². The Hall–Kier alpha value is -1.98. The molecule has 0 fully saturated rings. The van der Waals surface area contributed by atoms with Crippen LogP contribution in [0.15, 0.2) is 30.3 Å². The van der Waals surface area contributed by atoms with Crippen LogP contribution >= 0.6 is 11.3 Å². The highest BCUT2D eigenvalue weighted by Gasteiger charge is 2.30. The van der Waals surface area contributed by atoms with Gasteiger partial charge in [0.25, 0.3) is 0 Å². The monoisotopic (exact) mass is 353 g/mol. The second kappa shape index (κ2) is 6.07. The predicted octanol–water partition coefficient (Wildman–Crippen LogP) is 4.56. The van der Waals surface area contributed by atoms with Crippen molar-refractivity contribution in [2.45, 2.75) is 52.7 Å². The summed E-state index contributed by atoms with van der Waals surface area (Å²) in [6.45, 7) is 10.0. The van der Waals surface area contributed by atoms with E-state index < -0.39 is 0 Å². The first-order valence-electron chi connectivity index (χ1n) is 8.63. The lowest BCUT2D eigenvalue weighted by molar-refractivity contribution is 0.104. The van der Waals surface area contributed by atoms with Crippen molar-refractivity contribution in [2.75, 3.05) is 0 Å². The first-order chi connectivity index (χ1) is 11.9. The van der Waals surface area contributed by atoms with Crippen molar-refractivity contribution in [3.63, 3.8) is 0 Å². The van der Waals surface area contributed by atoms with E-state index in [0.29, 0.717) is 13.2 Å². The number of aromatic nitrogens is 3. The van der Waals surface area contributed by atoms with Gasteiger partial charge in [-0.2, -0.15) is 0 Å². The van der Waals surface area contributed by atoms with E-state index >= 15 is 0 Å². The van der Waals surface area contributed by atoms with Crippen molar-refractivity contribution in [1.29, 1.82) is 0 Å². The van der Waals surface area contributed by atoms with E-state index in [0.717, 1.165) is 18.1 Å². The quantitative estimate of drug-likeness (QED) is 0.678. The second-order valence-corrected chi connectivity index (χ2v) is 8.60. The number of nitrogens with zero attached hydrogens (tertiary/aromatic N) is 3. The first kappa shape index (κ1) is 16.5. The molecular weight excluding hydrogens is 330 g/mol. The van der Waals surface area contributed by atoms with Crippen LogP contribution in [0.25, 0.3) is 5.00 Å². The normalized spacial score (nSPS) is 14.1. The fourth-order valence-corrected chi connectivity index (χ4v) is 4.87. The Bertz CT molecular complexity index is 903. The Morgan fingerprint density at radius 2 is 1.88 bits per heavy atom. The standard InChI is InChI=1S/C20H23N3OS/c1-13-21-22-17-12-24-11-16-15(10-14-8-6-5-7-9-14)18(20(2,3)4)25-19(16)23(13)17/h5-9H,10-12H2,1-4H3. The van der Waals surface area contributed by atoms with E-state index in [2.05, 4.69) is 65.9 Å². The van der Waals surface area contributed by atoms with Crippen molar-refractivity contribution in [3.8, 4) is 5.00 Å². The number of hydrogen-bond donors (Lipinski definition) is 0. The molecule has 0 saturated heterocycles. The SMILES string of the molecule is Cc1nnc2n1-c1sc(C(C)(C)C)c(Cc3ccccc3)c1COC2. The smallest absolute Gasteiger partial charge is 0.164 e. The zero-order chi connectivity index (χ0) is 17.6. The number of hydrogen-bond acceptors (Lipinski definition) is 4. The minimum absolute atomic E-state index is 0.0864. The highest BCUT2D eigenvalue weighted by atomic mass is 32.1. The number of aryl methyl sites for hydroxylation is 1. The van der Waals surface area contributed by atoms with Gasteiger partial charge in [-0.25, -0.2) is 0 Å². The summed E-state index contributed by atoms with van der Waals surface area (Å²) in [6.07, 6.45) is 0.930. The fraction of sp³-hybridized carbons (Fsp3) is 0.400. The molecule has 1 aliphatic rings. The summed E-state index contributed by atoms with van der Waals surface area (Å²) in [5, 5.41) is 9.79. The zero-order valence-corrected chi connectivity index (χ0v) is 16.0. The summed E-state index contributed by atoms with van der Waals surface area (Å²) < 4.78 is 8.13. The second-order valence-electron chi connectivity index (χ2n) is 7.60. The number of fused-ring (bicyclic) bond motifs is 3. The third kappa shape index (κ3) is 2.92. The minimum Gasteiger partial charge on any atom is -0.369 e. The molecule has 0 radical (unpaired) electrons. The minimum atomic E-state index is 0.0864. The van der Waals surface area contributed by atoms with Gasteiger partial charge >= 0.3 is 0 Å². The molecule has 0 bridgehead atoms. The molecule has 130 valence electrons. The topological polar surface area (TPSA) is 39.9 Å². The fourth-order valence-electron chi connectivity index (χ4n) is 3.42. The van der Waals surface area contributed by atoms with Crippen LogP contribution in [0.5, 0.6) is 0 Å². The van der Waals surface area contributed by atoms with E-state index in [-0.39, 0.29) is 5.41 Å². The van der Waals surface area contributed by atoms with E-state index in [1.54, 1.807) is 0 Å². The third-order valence-electron chi connectivity index (χ3n) is 4.57. The lowest BCUT2D eigenvalue weighted by Crippen LogP contribution is -2.12. The highest BCUT2D eigenvalue weighted by molar-refractivity contribution is 7.15. The predicted molar refractivity (Wildman–Crippen MR) is 100 cm³/mol. The van der Waals surface area contributed by atoms with Crippen LogP contribution in [0, 0.1) is 6.92 Å². The Labute approximate surface area is 152 Å². The van der Waals surface area contributed by atoms with E-state index in [1.165, 1.54) is 26.6 Å². The first-order valence-corrected chi connectivity index (χ1v) is 9.45. The average Bonchev–Trinajstić information content (AvgIpc) is 3.04. The van der Waals surface area contributed by atoms with Crippen molar-refractivity contribution < 1.29 is 4.74 Å². The van der Waals surface area contributed by atoms with Crippen LogP contribution in [-0.4, -0.2) is 14.8 Å². The van der Waals surface area contributed by atoms with Gasteiger partial charge in [-0.05, 0) is 29.9 Å². The zero-order valence-electron chi connectivity index (χ0n) is 15.2. The molecule has 4 rings (SSSR count). The molecule has 5 heteroatoms. The molecule has 3 heterocycles. The molecule has 0 aliphatic carbocycles. The van der Waals surface area contributed by atoms with Gasteiger partial charge < -0.3 is 4.74 Å². The van der Waals surface area contributed by atoms with E-state index in [4.69, 9.17) is 4.74 Å². The molecule has 0 atom stereocenters. The van der Waals surface area contributed by atoms with Crippen LogP contribution in [0.3, 0.4) is 0 Å². The van der Waals surface area contributed by atoms with Gasteiger partial charge in [-0.15, -0.1) is 21.5 Å². The van der Waals surface area contributed by atoms with Crippen molar-refractivity contribution in [1.82, 2.24) is 14.8 Å². The number of thiophene rings is 1. The molecule has 25 heavy (non-hydrogen) atoms. The maximum absolute atomic E-state index is 5.95. The summed E-state index contributed by atoms with van der Waals surface area (Å²) in [6, 6.07) is 10.7. The molecule has 0 amide bonds. The average molecular weight is 353 g/mol. The van der Waals surface area contributed by atoms with Crippen molar-refractivity contribution in [3.05, 3.63) is 63.5 Å². The maximum atomic E-state index is 5.95. The van der Waals surface area contributed by atoms with Crippen LogP contribution in [0.4, 0.5) is 0 Å². The molecule has 0 unspecified atom stereocenters. The van der Waals surface area contributed by atoms with Gasteiger partial charge in [0.15, 0.2) is 5.82 Å². The molecule has 3 aromatic rings. The summed E-state index contributed by atoms with van der Waals surface area (Å²) in [7, 11) is 0. The van der Waals surface area contributed by atoms with Gasteiger partial charge in [0, 0.05) is 10.4 Å². The largest absolute Gasteiger partial charge is 0.369 e. The Kier molecular flexibility index (Phi) is 4.01. The van der Waals surface area contributed by atoms with E-state index in [9.17, 15) is 0 Å². The van der Waals surface area contributed by atoms with Gasteiger partial charge in [0.2, 0.25) is 0 Å². The molecular formula is C20H23N3OS. The number of rotatable bonds is 2. The molecule has 1 aromatic carbocycles. The Morgan fingerprint density at radius 1 is 1.12 bits per heavy atom. The molecule has 0 N–H and O–H groups in total. The summed E-state index contributed by atoms with van der Waals surface area (Å²) in [5.74, 6) is 1.82. The lowest BCUT2D eigenvalue weighted by Gasteiger charge is -2.20. The van der Waals surface area contributed by atoms with Gasteiger partial charge in [-0.3, -0.25) is 4.57 Å². The maximum Gasteiger partial charge on any atom is 0.164 e. The lowest BCUT2D eigenvalue weighted by atomic mass is 9.88.